The van der Waals surface area contributed by atoms with Crippen LogP contribution in [0.3, 0.4) is 0 Å². The van der Waals surface area contributed by atoms with Gasteiger partial charge in [0.2, 0.25) is 0 Å². The van der Waals surface area contributed by atoms with Crippen LogP contribution in [0, 0.1) is 0 Å². The van der Waals surface area contributed by atoms with E-state index < -0.39 is 0 Å². The monoisotopic (exact) mass is 367 g/mol. The van der Waals surface area contributed by atoms with E-state index in [0.29, 0.717) is 23.9 Å². The lowest BCUT2D eigenvalue weighted by molar-refractivity contribution is 0.612. The van der Waals surface area contributed by atoms with Gasteiger partial charge in [-0.1, -0.05) is 24.3 Å². The summed E-state index contributed by atoms with van der Waals surface area (Å²) in [6, 6.07) is 17.7. The summed E-state index contributed by atoms with van der Waals surface area (Å²) in [5, 5.41) is 1.71. The molecule has 5 heteroatoms. The van der Waals surface area contributed by atoms with E-state index in [1.54, 1.807) is 29.4 Å². The van der Waals surface area contributed by atoms with E-state index in [1.165, 1.54) is 0 Å². The minimum atomic E-state index is -0.0566. The highest BCUT2D eigenvalue weighted by Gasteiger charge is 2.13. The minimum Gasteiger partial charge on any atom is -0.463 e. The van der Waals surface area contributed by atoms with Gasteiger partial charge in [-0.25, -0.2) is 0 Å². The highest BCUT2D eigenvalue weighted by Crippen LogP contribution is 2.27. The lowest BCUT2D eigenvalue weighted by Gasteiger charge is -2.07. The summed E-state index contributed by atoms with van der Waals surface area (Å²) in [7, 11) is 0. The van der Waals surface area contributed by atoms with Crippen LogP contribution < -0.4 is 5.56 Å². The molecule has 0 saturated carbocycles. The second-order valence-electron chi connectivity index (χ2n) is 6.68. The topological polar surface area (TPSA) is 60.9 Å². The quantitative estimate of drug-likeness (QED) is 0.471. The molecule has 0 fully saturated rings. The molecular formula is C23H17N3O2. The van der Waals surface area contributed by atoms with Crippen LogP contribution in [0.4, 0.5) is 0 Å². The van der Waals surface area contributed by atoms with Crippen LogP contribution in [0.5, 0.6) is 0 Å². The molecule has 0 N–H and O–H groups in total. The third kappa shape index (κ3) is 2.87. The van der Waals surface area contributed by atoms with Crippen LogP contribution in [0.2, 0.25) is 0 Å². The summed E-state index contributed by atoms with van der Waals surface area (Å²) in [5.41, 5.74) is 4.18. The van der Waals surface area contributed by atoms with Gasteiger partial charge in [-0.3, -0.25) is 14.8 Å². The molecule has 0 spiro atoms. The number of nitrogens with zero attached hydrogens (tertiary/aromatic N) is 3. The molecule has 0 saturated heterocycles. The van der Waals surface area contributed by atoms with Crippen molar-refractivity contribution in [1.29, 1.82) is 0 Å². The zero-order chi connectivity index (χ0) is 18.9. The largest absolute Gasteiger partial charge is 0.463 e. The summed E-state index contributed by atoms with van der Waals surface area (Å²) in [4.78, 5) is 21.8. The number of hydrogen-bond donors (Lipinski definition) is 0. The first kappa shape index (κ1) is 16.4. The Bertz CT molecular complexity index is 1340. The Morgan fingerprint density at radius 2 is 1.82 bits per heavy atom. The van der Waals surface area contributed by atoms with Gasteiger partial charge in [0.05, 0.1) is 17.2 Å². The highest BCUT2D eigenvalue weighted by atomic mass is 16.3. The van der Waals surface area contributed by atoms with Crippen molar-refractivity contribution < 1.29 is 4.42 Å². The van der Waals surface area contributed by atoms with Gasteiger partial charge in [-0.15, -0.1) is 0 Å². The van der Waals surface area contributed by atoms with Gasteiger partial charge < -0.3 is 8.98 Å². The van der Waals surface area contributed by atoms with E-state index in [-0.39, 0.29) is 5.56 Å². The molecule has 4 aromatic heterocycles. The average Bonchev–Trinajstić information content (AvgIpc) is 3.19. The molecule has 5 aromatic rings. The summed E-state index contributed by atoms with van der Waals surface area (Å²) < 4.78 is 7.33. The van der Waals surface area contributed by atoms with Crippen LogP contribution in [-0.4, -0.2) is 14.5 Å². The first-order valence-electron chi connectivity index (χ1n) is 9.15. The Labute approximate surface area is 160 Å². The van der Waals surface area contributed by atoms with Gasteiger partial charge in [-0.2, -0.15) is 0 Å². The van der Waals surface area contributed by atoms with Crippen molar-refractivity contribution in [2.45, 2.75) is 13.0 Å². The number of rotatable bonds is 4. The molecular weight excluding hydrogens is 350 g/mol. The summed E-state index contributed by atoms with van der Waals surface area (Å²) in [6.07, 6.45) is 7.52. The van der Waals surface area contributed by atoms with Gasteiger partial charge in [0.1, 0.15) is 5.58 Å². The number of aryl methyl sites for hydroxylation is 2. The molecule has 0 atom stereocenters. The zero-order valence-corrected chi connectivity index (χ0v) is 15.1. The fourth-order valence-electron chi connectivity index (χ4n) is 3.49. The predicted octanol–water partition coefficient (Wildman–Crippen LogP) is 4.45. The fraction of sp³-hybridized carbons (Fsp3) is 0.0870. The molecule has 4 heterocycles. The third-order valence-electron chi connectivity index (χ3n) is 4.96. The summed E-state index contributed by atoms with van der Waals surface area (Å²) in [6.45, 7) is 0.557. The maximum atomic E-state index is 13.1. The Morgan fingerprint density at radius 1 is 0.964 bits per heavy atom. The lowest BCUT2D eigenvalue weighted by atomic mass is 10.1. The third-order valence-corrected chi connectivity index (χ3v) is 4.96. The van der Waals surface area contributed by atoms with Gasteiger partial charge in [-0.05, 0) is 35.9 Å². The van der Waals surface area contributed by atoms with Crippen LogP contribution in [0.1, 0.15) is 5.69 Å². The van der Waals surface area contributed by atoms with Crippen molar-refractivity contribution in [2.75, 3.05) is 0 Å². The molecule has 136 valence electrons. The Morgan fingerprint density at radius 3 is 2.71 bits per heavy atom. The number of fused-ring (bicyclic) bond motifs is 2. The lowest BCUT2D eigenvalue weighted by Crippen LogP contribution is -2.20. The molecule has 28 heavy (non-hydrogen) atoms. The standard InChI is InChI=1S/C23H17N3O2/c27-23-22-19(16-7-11-24-12-8-16)15-28-21(22)10-14-26(23)13-9-18-6-5-17-3-1-2-4-20(17)25-18/h1-8,10-12,14-15H,9,13H2. The zero-order valence-electron chi connectivity index (χ0n) is 15.1. The van der Waals surface area contributed by atoms with Gasteiger partial charge in [0.25, 0.3) is 5.56 Å². The van der Waals surface area contributed by atoms with Crippen molar-refractivity contribution in [3.63, 3.8) is 0 Å². The Hall–Kier alpha value is -3.73. The van der Waals surface area contributed by atoms with Crippen molar-refractivity contribution in [2.24, 2.45) is 0 Å². The number of furan rings is 1. The average molecular weight is 367 g/mol. The number of pyridine rings is 3. The molecule has 0 aliphatic rings. The molecule has 0 bridgehead atoms. The second kappa shape index (κ2) is 6.78. The number of aromatic nitrogens is 3. The first-order chi connectivity index (χ1) is 13.8. The van der Waals surface area contributed by atoms with Crippen molar-refractivity contribution >= 4 is 21.9 Å². The maximum Gasteiger partial charge on any atom is 0.262 e. The smallest absolute Gasteiger partial charge is 0.262 e. The Balaban J connectivity index is 1.49. The molecule has 5 nitrogen and oxygen atoms in total. The molecule has 0 aliphatic carbocycles. The summed E-state index contributed by atoms with van der Waals surface area (Å²) >= 11 is 0. The van der Waals surface area contributed by atoms with Gasteiger partial charge >= 0.3 is 0 Å². The first-order valence-corrected chi connectivity index (χ1v) is 9.15. The summed E-state index contributed by atoms with van der Waals surface area (Å²) in [5.74, 6) is 0. The normalized spacial score (nSPS) is 11.3. The Kier molecular flexibility index (Phi) is 3.98. The van der Waals surface area contributed by atoms with Crippen molar-refractivity contribution in [1.82, 2.24) is 14.5 Å². The van der Waals surface area contributed by atoms with Crippen LogP contribution >= 0.6 is 0 Å². The fourth-order valence-corrected chi connectivity index (χ4v) is 3.49. The van der Waals surface area contributed by atoms with Crippen LogP contribution in [0.15, 0.2) is 88.7 Å². The maximum absolute atomic E-state index is 13.1. The molecule has 1 aromatic carbocycles. The van der Waals surface area contributed by atoms with Crippen LogP contribution in [-0.2, 0) is 13.0 Å². The van der Waals surface area contributed by atoms with E-state index in [1.807, 2.05) is 48.5 Å². The van der Waals surface area contributed by atoms with Crippen molar-refractivity contribution in [3.8, 4) is 11.1 Å². The van der Waals surface area contributed by atoms with E-state index in [9.17, 15) is 4.79 Å². The van der Waals surface area contributed by atoms with E-state index >= 15 is 0 Å². The van der Waals surface area contributed by atoms with E-state index in [2.05, 4.69) is 11.1 Å². The van der Waals surface area contributed by atoms with E-state index in [0.717, 1.165) is 27.7 Å². The predicted molar refractivity (Wildman–Crippen MR) is 109 cm³/mol. The molecule has 0 aliphatic heterocycles. The molecule has 5 rings (SSSR count). The van der Waals surface area contributed by atoms with Gasteiger partial charge in [0.15, 0.2) is 0 Å². The number of hydrogen-bond acceptors (Lipinski definition) is 4. The SMILES string of the molecule is O=c1c2c(-c3ccncc3)coc2ccn1CCc1ccc2ccccc2n1. The molecule has 0 radical (unpaired) electrons. The van der Waals surface area contributed by atoms with Crippen molar-refractivity contribution in [3.05, 3.63) is 95.5 Å². The van der Waals surface area contributed by atoms with E-state index in [4.69, 9.17) is 9.40 Å². The molecule has 0 unspecified atom stereocenters. The number of para-hydroxylation sites is 1. The van der Waals surface area contributed by atoms with Gasteiger partial charge in [0, 0.05) is 48.2 Å². The number of benzene rings is 1. The highest BCUT2D eigenvalue weighted by molar-refractivity contribution is 5.93. The minimum absolute atomic E-state index is 0.0566. The second-order valence-corrected chi connectivity index (χ2v) is 6.68. The molecule has 0 amide bonds. The van der Waals surface area contributed by atoms with Crippen LogP contribution in [0.25, 0.3) is 33.0 Å².